The Morgan fingerprint density at radius 1 is 1.33 bits per heavy atom. The minimum atomic E-state index is -0.610. The van der Waals surface area contributed by atoms with Gasteiger partial charge in [-0.05, 0) is 18.7 Å². The van der Waals surface area contributed by atoms with Crippen LogP contribution in [0, 0.1) is 0 Å². The first-order valence-electron chi connectivity index (χ1n) is 7.74. The fraction of sp³-hybridized carbons (Fsp3) is 0.412. The number of thioether (sulfide) groups is 1. The summed E-state index contributed by atoms with van der Waals surface area (Å²) in [6, 6.07) is 6.31. The first-order chi connectivity index (χ1) is 11.6. The van der Waals surface area contributed by atoms with Crippen molar-refractivity contribution < 1.29 is 19.1 Å². The molecule has 0 fully saturated rings. The molecular weight excluding hydrogens is 328 g/mol. The van der Waals surface area contributed by atoms with E-state index in [4.69, 9.17) is 9.47 Å². The maximum Gasteiger partial charge on any atom is 0.338 e. The SMILES string of the molecule is CCSCCOC(=O)C1=C(C)NC(=O)N[C@@H]1c1ccccc1OC. The third-order valence-electron chi connectivity index (χ3n) is 3.60. The van der Waals surface area contributed by atoms with E-state index in [1.807, 2.05) is 18.2 Å². The second-order valence-electron chi connectivity index (χ2n) is 5.14. The van der Waals surface area contributed by atoms with Crippen LogP contribution in [0.15, 0.2) is 35.5 Å². The zero-order valence-electron chi connectivity index (χ0n) is 14.0. The lowest BCUT2D eigenvalue weighted by Gasteiger charge is -2.29. The molecule has 6 nitrogen and oxygen atoms in total. The number of benzene rings is 1. The lowest BCUT2D eigenvalue weighted by molar-refractivity contribution is -0.138. The molecule has 2 rings (SSSR count). The number of allylic oxidation sites excluding steroid dienone is 1. The Bertz CT molecular complexity index is 645. The number of methoxy groups -OCH3 is 1. The summed E-state index contributed by atoms with van der Waals surface area (Å²) in [6.07, 6.45) is 0. The summed E-state index contributed by atoms with van der Waals surface area (Å²) in [5.74, 6) is 1.88. The molecule has 1 aromatic carbocycles. The van der Waals surface area contributed by atoms with Gasteiger partial charge in [0.25, 0.3) is 0 Å². The monoisotopic (exact) mass is 350 g/mol. The molecule has 0 bridgehead atoms. The first-order valence-corrected chi connectivity index (χ1v) is 8.90. The molecule has 0 saturated carbocycles. The second kappa shape index (κ2) is 8.63. The van der Waals surface area contributed by atoms with Gasteiger partial charge in [-0.3, -0.25) is 0 Å². The van der Waals surface area contributed by atoms with E-state index in [2.05, 4.69) is 17.6 Å². The van der Waals surface area contributed by atoms with Crippen LogP contribution in [0.4, 0.5) is 4.79 Å². The van der Waals surface area contributed by atoms with Gasteiger partial charge in [0.15, 0.2) is 0 Å². The summed E-state index contributed by atoms with van der Waals surface area (Å²) in [5, 5.41) is 5.41. The Morgan fingerprint density at radius 2 is 2.08 bits per heavy atom. The fourth-order valence-corrected chi connectivity index (χ4v) is 3.01. The van der Waals surface area contributed by atoms with Crippen molar-refractivity contribution in [3.05, 3.63) is 41.1 Å². The molecule has 0 spiro atoms. The number of urea groups is 1. The minimum absolute atomic E-state index is 0.334. The summed E-state index contributed by atoms with van der Waals surface area (Å²) in [5.41, 5.74) is 1.59. The largest absolute Gasteiger partial charge is 0.496 e. The van der Waals surface area contributed by atoms with Crippen LogP contribution in [0.1, 0.15) is 25.5 Å². The molecule has 1 aromatic rings. The normalized spacial score (nSPS) is 17.1. The zero-order valence-corrected chi connectivity index (χ0v) is 14.9. The molecule has 0 radical (unpaired) electrons. The Kier molecular flexibility index (Phi) is 6.54. The Labute approximate surface area is 146 Å². The number of hydrogen-bond acceptors (Lipinski definition) is 5. The maximum absolute atomic E-state index is 12.5. The number of carbonyl (C=O) groups is 2. The Balaban J connectivity index is 2.28. The van der Waals surface area contributed by atoms with Crippen molar-refractivity contribution in [2.45, 2.75) is 19.9 Å². The number of rotatable bonds is 7. The molecule has 2 N–H and O–H groups in total. The summed E-state index contributed by atoms with van der Waals surface area (Å²) in [4.78, 5) is 24.4. The summed E-state index contributed by atoms with van der Waals surface area (Å²) >= 11 is 1.70. The van der Waals surface area contributed by atoms with E-state index in [0.29, 0.717) is 29.2 Å². The van der Waals surface area contributed by atoms with Crippen LogP contribution >= 0.6 is 11.8 Å². The van der Waals surface area contributed by atoms with Crippen molar-refractivity contribution in [1.82, 2.24) is 10.6 Å². The lowest BCUT2D eigenvalue weighted by Crippen LogP contribution is -2.45. The number of nitrogens with one attached hydrogen (secondary N) is 2. The van der Waals surface area contributed by atoms with Crippen molar-refractivity contribution in [3.63, 3.8) is 0 Å². The summed E-state index contributed by atoms with van der Waals surface area (Å²) in [6.45, 7) is 4.08. The van der Waals surface area contributed by atoms with Crippen molar-refractivity contribution in [3.8, 4) is 5.75 Å². The van der Waals surface area contributed by atoms with E-state index < -0.39 is 12.0 Å². The first kappa shape index (κ1) is 18.2. The van der Waals surface area contributed by atoms with Gasteiger partial charge in [0.2, 0.25) is 0 Å². The Morgan fingerprint density at radius 3 is 2.79 bits per heavy atom. The van der Waals surface area contributed by atoms with Crippen LogP contribution in [0.25, 0.3) is 0 Å². The molecule has 1 atom stereocenters. The van der Waals surface area contributed by atoms with Crippen LogP contribution in [0.2, 0.25) is 0 Å². The number of ether oxygens (including phenoxy) is 2. The van der Waals surface area contributed by atoms with Crippen LogP contribution in [0.3, 0.4) is 0 Å². The average molecular weight is 350 g/mol. The van der Waals surface area contributed by atoms with Crippen molar-refractivity contribution >= 4 is 23.8 Å². The molecule has 1 aliphatic rings. The molecule has 2 amide bonds. The predicted octanol–water partition coefficient (Wildman–Crippen LogP) is 2.62. The van der Waals surface area contributed by atoms with Crippen LogP contribution < -0.4 is 15.4 Å². The molecule has 0 saturated heterocycles. The van der Waals surface area contributed by atoms with Gasteiger partial charge in [0.05, 0.1) is 18.7 Å². The van der Waals surface area contributed by atoms with Gasteiger partial charge in [-0.15, -0.1) is 0 Å². The van der Waals surface area contributed by atoms with Gasteiger partial charge in [-0.25, -0.2) is 9.59 Å². The molecule has 1 heterocycles. The summed E-state index contributed by atoms with van der Waals surface area (Å²) < 4.78 is 10.7. The van der Waals surface area contributed by atoms with Crippen molar-refractivity contribution in [2.75, 3.05) is 25.2 Å². The third-order valence-corrected chi connectivity index (χ3v) is 4.47. The third kappa shape index (κ3) is 4.23. The molecule has 7 heteroatoms. The minimum Gasteiger partial charge on any atom is -0.496 e. The molecule has 0 aromatic heterocycles. The molecule has 0 unspecified atom stereocenters. The molecule has 130 valence electrons. The van der Waals surface area contributed by atoms with Gasteiger partial charge in [0.1, 0.15) is 12.4 Å². The molecule has 0 aliphatic carbocycles. The lowest BCUT2D eigenvalue weighted by atomic mass is 9.95. The van der Waals surface area contributed by atoms with Crippen LogP contribution in [-0.4, -0.2) is 37.2 Å². The van der Waals surface area contributed by atoms with Crippen molar-refractivity contribution in [2.24, 2.45) is 0 Å². The van der Waals surface area contributed by atoms with E-state index in [9.17, 15) is 9.59 Å². The highest BCUT2D eigenvalue weighted by Gasteiger charge is 2.33. The number of esters is 1. The van der Waals surface area contributed by atoms with Crippen LogP contribution in [-0.2, 0) is 9.53 Å². The van der Waals surface area contributed by atoms with Gasteiger partial charge in [-0.1, -0.05) is 25.1 Å². The standard InChI is InChI=1S/C17H22N2O4S/c1-4-24-10-9-23-16(20)14-11(2)18-17(21)19-15(14)12-7-5-6-8-13(12)22-3/h5-8,15H,4,9-10H2,1-3H3,(H2,18,19,21)/t15-/m1/s1. The van der Waals surface area contributed by atoms with E-state index in [-0.39, 0.29) is 6.03 Å². The number of hydrogen-bond donors (Lipinski definition) is 2. The smallest absolute Gasteiger partial charge is 0.338 e. The topological polar surface area (TPSA) is 76.7 Å². The highest BCUT2D eigenvalue weighted by atomic mass is 32.2. The second-order valence-corrected chi connectivity index (χ2v) is 6.54. The Hall–Kier alpha value is -2.15. The van der Waals surface area contributed by atoms with Crippen molar-refractivity contribution in [1.29, 1.82) is 0 Å². The highest BCUT2D eigenvalue weighted by molar-refractivity contribution is 7.99. The predicted molar refractivity (Wildman–Crippen MR) is 94.1 cm³/mol. The van der Waals surface area contributed by atoms with Gasteiger partial charge < -0.3 is 20.1 Å². The van der Waals surface area contributed by atoms with Crippen LogP contribution in [0.5, 0.6) is 5.75 Å². The van der Waals surface area contributed by atoms with Gasteiger partial charge in [0, 0.05) is 17.0 Å². The summed E-state index contributed by atoms with van der Waals surface area (Å²) in [7, 11) is 1.55. The highest BCUT2D eigenvalue weighted by Crippen LogP contribution is 2.33. The number of amides is 2. The van der Waals surface area contributed by atoms with E-state index >= 15 is 0 Å². The fourth-order valence-electron chi connectivity index (χ4n) is 2.52. The number of carbonyl (C=O) groups excluding carboxylic acids is 2. The molecule has 1 aliphatic heterocycles. The van der Waals surface area contributed by atoms with Gasteiger partial charge in [-0.2, -0.15) is 11.8 Å². The maximum atomic E-state index is 12.5. The molecule has 24 heavy (non-hydrogen) atoms. The van der Waals surface area contributed by atoms with Gasteiger partial charge >= 0.3 is 12.0 Å². The van der Waals surface area contributed by atoms with E-state index in [0.717, 1.165) is 11.5 Å². The molecular formula is C17H22N2O4S. The van der Waals surface area contributed by atoms with E-state index in [1.165, 1.54) is 0 Å². The quantitative estimate of drug-likeness (QED) is 0.584. The van der Waals surface area contributed by atoms with E-state index in [1.54, 1.807) is 31.9 Å². The number of para-hydroxylation sites is 1. The zero-order chi connectivity index (χ0) is 17.5. The average Bonchev–Trinajstić information content (AvgIpc) is 2.57.